The summed E-state index contributed by atoms with van der Waals surface area (Å²) in [5, 5.41) is 3.80. The van der Waals surface area contributed by atoms with Crippen molar-refractivity contribution in [1.82, 2.24) is 4.90 Å². The first-order valence-corrected chi connectivity index (χ1v) is 6.54. The largest absolute Gasteiger partial charge is 0.385 e. The fourth-order valence-corrected chi connectivity index (χ4v) is 1.74. The Balaban J connectivity index is 2.78. The van der Waals surface area contributed by atoms with Crippen LogP contribution in [0, 0.1) is 5.92 Å². The fourth-order valence-electron chi connectivity index (χ4n) is 1.55. The highest BCUT2D eigenvalue weighted by molar-refractivity contribution is 6.34. The lowest BCUT2D eigenvalue weighted by molar-refractivity contribution is 0.0828. The van der Waals surface area contributed by atoms with Crippen LogP contribution in [-0.4, -0.2) is 31.4 Å². The van der Waals surface area contributed by atoms with Gasteiger partial charge in [0.15, 0.2) is 0 Å². The van der Waals surface area contributed by atoms with Crippen LogP contribution in [0.15, 0.2) is 18.2 Å². The molecule has 0 atom stereocenters. The average molecular weight is 269 g/mol. The monoisotopic (exact) mass is 268 g/mol. The summed E-state index contributed by atoms with van der Waals surface area (Å²) < 4.78 is 0. The molecule has 1 amide bonds. The van der Waals surface area contributed by atoms with Crippen molar-refractivity contribution in [3.05, 3.63) is 28.8 Å². The van der Waals surface area contributed by atoms with E-state index in [1.165, 1.54) is 4.90 Å². The van der Waals surface area contributed by atoms with Crippen molar-refractivity contribution in [3.8, 4) is 0 Å². The van der Waals surface area contributed by atoms with E-state index < -0.39 is 0 Å². The Morgan fingerprint density at radius 1 is 1.39 bits per heavy atom. The third kappa shape index (κ3) is 4.22. The molecule has 1 aromatic rings. The van der Waals surface area contributed by atoms with Crippen molar-refractivity contribution < 1.29 is 4.79 Å². The minimum absolute atomic E-state index is 0.0764. The second-order valence-corrected chi connectivity index (χ2v) is 5.41. The van der Waals surface area contributed by atoms with Crippen LogP contribution in [0.5, 0.6) is 0 Å². The molecule has 0 bridgehead atoms. The van der Waals surface area contributed by atoms with E-state index in [4.69, 9.17) is 11.6 Å². The molecule has 0 aliphatic heterocycles. The van der Waals surface area contributed by atoms with E-state index in [2.05, 4.69) is 19.2 Å². The van der Waals surface area contributed by atoms with Gasteiger partial charge < -0.3 is 10.2 Å². The summed E-state index contributed by atoms with van der Waals surface area (Å²) in [5.41, 5.74) is 1.47. The molecule has 0 radical (unpaired) electrons. The van der Waals surface area contributed by atoms with Gasteiger partial charge in [0.25, 0.3) is 5.91 Å². The zero-order valence-electron chi connectivity index (χ0n) is 11.5. The first-order valence-electron chi connectivity index (χ1n) is 6.17. The van der Waals surface area contributed by atoms with Gasteiger partial charge in [0.05, 0.1) is 10.6 Å². The van der Waals surface area contributed by atoms with Gasteiger partial charge in [0.2, 0.25) is 0 Å². The number of halogens is 1. The van der Waals surface area contributed by atoms with Crippen LogP contribution in [0.3, 0.4) is 0 Å². The Hall–Kier alpha value is -1.22. The minimum Gasteiger partial charge on any atom is -0.385 e. The van der Waals surface area contributed by atoms with Gasteiger partial charge >= 0.3 is 0 Å². The third-order valence-electron chi connectivity index (χ3n) is 2.65. The first-order chi connectivity index (χ1) is 8.41. The number of nitrogens with one attached hydrogen (secondary N) is 1. The van der Waals surface area contributed by atoms with Gasteiger partial charge in [0, 0.05) is 26.3 Å². The molecule has 0 aliphatic rings. The molecule has 0 spiro atoms. The number of carbonyl (C=O) groups excluding carboxylic acids is 1. The number of hydrogen-bond donors (Lipinski definition) is 1. The van der Waals surface area contributed by atoms with Crippen LogP contribution >= 0.6 is 11.6 Å². The predicted molar refractivity (Wildman–Crippen MR) is 77.4 cm³/mol. The van der Waals surface area contributed by atoms with Crippen LogP contribution in [-0.2, 0) is 0 Å². The molecule has 18 heavy (non-hydrogen) atoms. The molecule has 100 valence electrons. The Labute approximate surface area is 114 Å². The second kappa shape index (κ2) is 6.64. The topological polar surface area (TPSA) is 32.3 Å². The van der Waals surface area contributed by atoms with Crippen LogP contribution in [0.2, 0.25) is 5.02 Å². The zero-order chi connectivity index (χ0) is 13.7. The molecule has 0 heterocycles. The quantitative estimate of drug-likeness (QED) is 0.886. The number of rotatable bonds is 5. The zero-order valence-corrected chi connectivity index (χ0v) is 12.2. The highest BCUT2D eigenvalue weighted by atomic mass is 35.5. The van der Waals surface area contributed by atoms with Gasteiger partial charge in [-0.1, -0.05) is 25.4 Å². The summed E-state index contributed by atoms with van der Waals surface area (Å²) >= 11 is 6.04. The number of nitrogens with zero attached hydrogens (tertiary/aromatic N) is 1. The summed E-state index contributed by atoms with van der Waals surface area (Å²) in [6.45, 7) is 5.27. The van der Waals surface area contributed by atoms with Gasteiger partial charge in [-0.2, -0.15) is 0 Å². The Kier molecular flexibility index (Phi) is 5.48. The lowest BCUT2D eigenvalue weighted by Gasteiger charge is -2.14. The Bertz CT molecular complexity index is 416. The fraction of sp³-hybridized carbons (Fsp3) is 0.500. The van der Waals surface area contributed by atoms with Gasteiger partial charge in [-0.3, -0.25) is 4.79 Å². The SMILES string of the molecule is CC(C)CCNc1ccc(Cl)c(C(=O)N(C)C)c1. The summed E-state index contributed by atoms with van der Waals surface area (Å²) in [6.07, 6.45) is 1.10. The maximum absolute atomic E-state index is 11.9. The van der Waals surface area contributed by atoms with Crippen molar-refractivity contribution in [2.24, 2.45) is 5.92 Å². The molecule has 4 heteroatoms. The Morgan fingerprint density at radius 3 is 2.61 bits per heavy atom. The summed E-state index contributed by atoms with van der Waals surface area (Å²) in [6, 6.07) is 5.47. The lowest BCUT2D eigenvalue weighted by atomic mass is 10.1. The van der Waals surface area contributed by atoms with E-state index in [0.29, 0.717) is 16.5 Å². The third-order valence-corrected chi connectivity index (χ3v) is 2.98. The molecule has 0 aliphatic carbocycles. The number of carbonyl (C=O) groups is 1. The summed E-state index contributed by atoms with van der Waals surface area (Å²) in [5.74, 6) is 0.584. The minimum atomic E-state index is -0.0764. The maximum Gasteiger partial charge on any atom is 0.254 e. The molecule has 3 nitrogen and oxygen atoms in total. The molecule has 0 saturated heterocycles. The van der Waals surface area contributed by atoms with Gasteiger partial charge in [-0.15, -0.1) is 0 Å². The molecule has 1 rings (SSSR count). The van der Waals surface area contributed by atoms with E-state index in [-0.39, 0.29) is 5.91 Å². The first kappa shape index (κ1) is 14.8. The normalized spacial score (nSPS) is 10.6. The van der Waals surface area contributed by atoms with Crippen molar-refractivity contribution in [1.29, 1.82) is 0 Å². The van der Waals surface area contributed by atoms with Gasteiger partial charge in [-0.05, 0) is 30.5 Å². The summed E-state index contributed by atoms with van der Waals surface area (Å²) in [7, 11) is 3.44. The van der Waals surface area contributed by atoms with E-state index in [9.17, 15) is 4.79 Å². The molecule has 0 fully saturated rings. The van der Waals surface area contributed by atoms with E-state index >= 15 is 0 Å². The molecule has 1 aromatic carbocycles. The van der Waals surface area contributed by atoms with Crippen LogP contribution < -0.4 is 5.32 Å². The highest BCUT2D eigenvalue weighted by Crippen LogP contribution is 2.21. The van der Waals surface area contributed by atoms with Crippen molar-refractivity contribution in [3.63, 3.8) is 0 Å². The standard InChI is InChI=1S/C14H21ClN2O/c1-10(2)7-8-16-11-5-6-13(15)12(9-11)14(18)17(3)4/h5-6,9-10,16H,7-8H2,1-4H3. The number of anilines is 1. The predicted octanol–water partition coefficient (Wildman–Crippen LogP) is 3.50. The van der Waals surface area contributed by atoms with Gasteiger partial charge in [0.1, 0.15) is 0 Å². The maximum atomic E-state index is 11.9. The molecular weight excluding hydrogens is 248 g/mol. The molecule has 0 aromatic heterocycles. The van der Waals surface area contributed by atoms with Crippen molar-refractivity contribution in [2.75, 3.05) is 26.0 Å². The van der Waals surface area contributed by atoms with E-state index in [0.717, 1.165) is 18.7 Å². The molecule has 1 N–H and O–H groups in total. The van der Waals surface area contributed by atoms with Crippen molar-refractivity contribution in [2.45, 2.75) is 20.3 Å². The summed E-state index contributed by atoms with van der Waals surface area (Å²) in [4.78, 5) is 13.4. The van der Waals surface area contributed by atoms with Crippen LogP contribution in [0.1, 0.15) is 30.6 Å². The van der Waals surface area contributed by atoms with Gasteiger partial charge in [-0.25, -0.2) is 0 Å². The second-order valence-electron chi connectivity index (χ2n) is 5.00. The Morgan fingerprint density at radius 2 is 2.06 bits per heavy atom. The molecule has 0 unspecified atom stereocenters. The van der Waals surface area contributed by atoms with Crippen molar-refractivity contribution >= 4 is 23.2 Å². The smallest absolute Gasteiger partial charge is 0.254 e. The number of amides is 1. The number of hydrogen-bond acceptors (Lipinski definition) is 2. The van der Waals surface area contributed by atoms with E-state index in [1.54, 1.807) is 20.2 Å². The highest BCUT2D eigenvalue weighted by Gasteiger charge is 2.12. The van der Waals surface area contributed by atoms with Crippen LogP contribution in [0.25, 0.3) is 0 Å². The van der Waals surface area contributed by atoms with E-state index in [1.807, 2.05) is 12.1 Å². The lowest BCUT2D eigenvalue weighted by Crippen LogP contribution is -2.22. The average Bonchev–Trinajstić information content (AvgIpc) is 2.29. The molecular formula is C14H21ClN2O. The molecule has 0 saturated carbocycles. The number of benzene rings is 1. The van der Waals surface area contributed by atoms with Crippen LogP contribution in [0.4, 0.5) is 5.69 Å².